The lowest BCUT2D eigenvalue weighted by molar-refractivity contribution is 0.102. The maximum absolute atomic E-state index is 12.4. The molecule has 0 saturated heterocycles. The van der Waals surface area contributed by atoms with Gasteiger partial charge in [0, 0.05) is 29.5 Å². The number of carbonyl (C=O) groups excluding carboxylic acids is 1. The summed E-state index contributed by atoms with van der Waals surface area (Å²) in [5, 5.41) is 6.19. The van der Waals surface area contributed by atoms with Crippen molar-refractivity contribution in [2.24, 2.45) is 0 Å². The molecule has 0 aliphatic heterocycles. The molecule has 2 N–H and O–H groups in total. The molecule has 2 aromatic carbocycles. The zero-order valence-corrected chi connectivity index (χ0v) is 14.3. The summed E-state index contributed by atoms with van der Waals surface area (Å²) < 4.78 is 1.84. The third kappa shape index (κ3) is 3.42. The third-order valence-electron chi connectivity index (χ3n) is 4.05. The van der Waals surface area contributed by atoms with E-state index in [1.54, 1.807) is 6.20 Å². The van der Waals surface area contributed by atoms with Crippen molar-refractivity contribution >= 4 is 28.6 Å². The van der Waals surface area contributed by atoms with E-state index in [1.165, 1.54) is 0 Å². The molecule has 2 heterocycles. The second-order valence-corrected chi connectivity index (χ2v) is 6.12. The first-order valence-electron chi connectivity index (χ1n) is 8.36. The van der Waals surface area contributed by atoms with Crippen LogP contribution >= 0.6 is 0 Å². The number of nitrogens with zero attached hydrogens (tertiary/aromatic N) is 2. The normalized spacial score (nSPS) is 10.7. The van der Waals surface area contributed by atoms with E-state index in [4.69, 9.17) is 0 Å². The van der Waals surface area contributed by atoms with Crippen molar-refractivity contribution in [2.75, 3.05) is 10.6 Å². The molecule has 26 heavy (non-hydrogen) atoms. The van der Waals surface area contributed by atoms with Crippen molar-refractivity contribution in [3.8, 4) is 0 Å². The van der Waals surface area contributed by atoms with Crippen LogP contribution in [0.1, 0.15) is 16.1 Å². The summed E-state index contributed by atoms with van der Waals surface area (Å²) in [6.45, 7) is 2.00. The standard InChI is InChI=1S/C21H18N4O/c1-15-11-12-25-14-19(24-20(25)13-15)21(26)23-18-9-7-17(8-10-18)22-16-5-3-2-4-6-16/h2-14,22H,1H3,(H,23,26). The molecular weight excluding hydrogens is 324 g/mol. The molecule has 4 rings (SSSR count). The van der Waals surface area contributed by atoms with Gasteiger partial charge < -0.3 is 15.0 Å². The predicted octanol–water partition coefficient (Wildman–Crippen LogP) is 4.64. The van der Waals surface area contributed by atoms with Crippen molar-refractivity contribution < 1.29 is 4.79 Å². The lowest BCUT2D eigenvalue weighted by Crippen LogP contribution is -2.12. The topological polar surface area (TPSA) is 58.4 Å². The molecule has 0 aliphatic carbocycles. The van der Waals surface area contributed by atoms with E-state index in [-0.39, 0.29) is 5.91 Å². The number of aromatic nitrogens is 2. The predicted molar refractivity (Wildman–Crippen MR) is 104 cm³/mol. The maximum atomic E-state index is 12.4. The Kier molecular flexibility index (Phi) is 4.11. The molecule has 2 aromatic heterocycles. The average molecular weight is 342 g/mol. The molecule has 5 nitrogen and oxygen atoms in total. The zero-order valence-electron chi connectivity index (χ0n) is 14.3. The van der Waals surface area contributed by atoms with Crippen molar-refractivity contribution in [3.63, 3.8) is 0 Å². The van der Waals surface area contributed by atoms with E-state index in [0.29, 0.717) is 5.69 Å². The van der Waals surface area contributed by atoms with Crippen molar-refractivity contribution in [2.45, 2.75) is 6.92 Å². The van der Waals surface area contributed by atoms with Gasteiger partial charge in [0.25, 0.3) is 5.91 Å². The van der Waals surface area contributed by atoms with Gasteiger partial charge in [-0.2, -0.15) is 0 Å². The molecule has 0 unspecified atom stereocenters. The minimum absolute atomic E-state index is 0.227. The number of carbonyl (C=O) groups is 1. The number of hydrogen-bond donors (Lipinski definition) is 2. The molecule has 0 fully saturated rings. The number of nitrogens with one attached hydrogen (secondary N) is 2. The minimum atomic E-state index is -0.227. The SMILES string of the molecule is Cc1ccn2cc(C(=O)Nc3ccc(Nc4ccccc4)cc3)nc2c1. The second-order valence-electron chi connectivity index (χ2n) is 6.12. The van der Waals surface area contributed by atoms with E-state index in [0.717, 1.165) is 28.3 Å². The maximum Gasteiger partial charge on any atom is 0.275 e. The van der Waals surface area contributed by atoms with E-state index in [1.807, 2.05) is 84.3 Å². The summed E-state index contributed by atoms with van der Waals surface area (Å²) >= 11 is 0. The summed E-state index contributed by atoms with van der Waals surface area (Å²) in [6, 6.07) is 21.4. The van der Waals surface area contributed by atoms with Crippen molar-refractivity contribution in [1.29, 1.82) is 0 Å². The number of aryl methyl sites for hydroxylation is 1. The highest BCUT2D eigenvalue weighted by Gasteiger charge is 2.11. The largest absolute Gasteiger partial charge is 0.356 e. The monoisotopic (exact) mass is 342 g/mol. The molecule has 0 spiro atoms. The number of amides is 1. The number of rotatable bonds is 4. The Labute approximate surface area is 151 Å². The van der Waals surface area contributed by atoms with Crippen LogP contribution in [0.3, 0.4) is 0 Å². The lowest BCUT2D eigenvalue weighted by atomic mass is 10.2. The van der Waals surface area contributed by atoms with Crippen LogP contribution in [0, 0.1) is 6.92 Å². The van der Waals surface area contributed by atoms with Crippen molar-refractivity contribution in [1.82, 2.24) is 9.38 Å². The van der Waals surface area contributed by atoms with Crippen LogP contribution in [0.5, 0.6) is 0 Å². The van der Waals surface area contributed by atoms with E-state index in [2.05, 4.69) is 15.6 Å². The van der Waals surface area contributed by atoms with Crippen LogP contribution in [0.4, 0.5) is 17.1 Å². The Morgan fingerprint density at radius 2 is 1.62 bits per heavy atom. The fourth-order valence-electron chi connectivity index (χ4n) is 2.71. The Morgan fingerprint density at radius 1 is 0.923 bits per heavy atom. The van der Waals surface area contributed by atoms with Gasteiger partial charge in [-0.3, -0.25) is 4.79 Å². The molecule has 0 bridgehead atoms. The molecule has 5 heteroatoms. The average Bonchev–Trinajstić information content (AvgIpc) is 3.07. The highest BCUT2D eigenvalue weighted by atomic mass is 16.1. The molecular formula is C21H18N4O. The van der Waals surface area contributed by atoms with Crippen LogP contribution in [0.2, 0.25) is 0 Å². The minimum Gasteiger partial charge on any atom is -0.356 e. The molecule has 1 amide bonds. The Morgan fingerprint density at radius 3 is 2.38 bits per heavy atom. The van der Waals surface area contributed by atoms with Gasteiger partial charge in [-0.1, -0.05) is 18.2 Å². The molecule has 0 atom stereocenters. The van der Waals surface area contributed by atoms with Gasteiger partial charge in [0.1, 0.15) is 11.3 Å². The van der Waals surface area contributed by atoms with Crippen LogP contribution in [0.15, 0.2) is 79.1 Å². The van der Waals surface area contributed by atoms with Crippen molar-refractivity contribution in [3.05, 3.63) is 90.4 Å². The van der Waals surface area contributed by atoms with Gasteiger partial charge in [0.05, 0.1) is 0 Å². The van der Waals surface area contributed by atoms with Gasteiger partial charge in [-0.25, -0.2) is 4.98 Å². The fourth-order valence-corrected chi connectivity index (χ4v) is 2.71. The molecule has 4 aromatic rings. The van der Waals surface area contributed by atoms with Crippen LogP contribution < -0.4 is 10.6 Å². The Hall–Kier alpha value is -3.60. The van der Waals surface area contributed by atoms with Gasteiger partial charge in [0.15, 0.2) is 0 Å². The zero-order chi connectivity index (χ0) is 17.9. The number of fused-ring (bicyclic) bond motifs is 1. The fraction of sp³-hybridized carbons (Fsp3) is 0.0476. The van der Waals surface area contributed by atoms with E-state index < -0.39 is 0 Å². The first-order valence-corrected chi connectivity index (χ1v) is 8.36. The van der Waals surface area contributed by atoms with Crippen LogP contribution in [0.25, 0.3) is 5.65 Å². The summed E-state index contributed by atoms with van der Waals surface area (Å²) in [5.74, 6) is -0.227. The number of benzene rings is 2. The quantitative estimate of drug-likeness (QED) is 0.568. The van der Waals surface area contributed by atoms with Gasteiger partial charge in [0.2, 0.25) is 0 Å². The summed E-state index contributed by atoms with van der Waals surface area (Å²) in [6.07, 6.45) is 3.63. The number of para-hydroxylation sites is 1. The van der Waals surface area contributed by atoms with Gasteiger partial charge in [-0.15, -0.1) is 0 Å². The summed E-state index contributed by atoms with van der Waals surface area (Å²) in [7, 11) is 0. The third-order valence-corrected chi connectivity index (χ3v) is 4.05. The molecule has 128 valence electrons. The summed E-state index contributed by atoms with van der Waals surface area (Å²) in [4.78, 5) is 16.8. The highest BCUT2D eigenvalue weighted by Crippen LogP contribution is 2.19. The molecule has 0 radical (unpaired) electrons. The highest BCUT2D eigenvalue weighted by molar-refractivity contribution is 6.03. The number of anilines is 3. The summed E-state index contributed by atoms with van der Waals surface area (Å²) in [5.41, 5.74) is 4.96. The number of pyridine rings is 1. The lowest BCUT2D eigenvalue weighted by Gasteiger charge is -2.08. The van der Waals surface area contributed by atoms with Crippen LogP contribution in [-0.2, 0) is 0 Å². The number of imidazole rings is 1. The number of hydrogen-bond acceptors (Lipinski definition) is 3. The second kappa shape index (κ2) is 6.72. The smallest absolute Gasteiger partial charge is 0.275 e. The first kappa shape index (κ1) is 15.9. The van der Waals surface area contributed by atoms with Gasteiger partial charge in [-0.05, 0) is 61.0 Å². The van der Waals surface area contributed by atoms with E-state index in [9.17, 15) is 4.79 Å². The molecule has 0 saturated carbocycles. The molecule has 0 aliphatic rings. The first-order chi connectivity index (χ1) is 12.7. The van der Waals surface area contributed by atoms with Gasteiger partial charge >= 0.3 is 0 Å². The van der Waals surface area contributed by atoms with Crippen LogP contribution in [-0.4, -0.2) is 15.3 Å². The Balaban J connectivity index is 1.46. The Bertz CT molecular complexity index is 1050. The van der Waals surface area contributed by atoms with E-state index >= 15 is 0 Å².